The molecule has 7 nitrogen and oxygen atoms in total. The highest BCUT2D eigenvalue weighted by Gasteiger charge is 2.53. The zero-order valence-electron chi connectivity index (χ0n) is 20.0. The molecular formula is C27H34N4O3. The Morgan fingerprint density at radius 2 is 1.68 bits per heavy atom. The molecule has 2 fully saturated rings. The highest BCUT2D eigenvalue weighted by molar-refractivity contribution is 6.07. The lowest BCUT2D eigenvalue weighted by atomic mass is 9.76. The van der Waals surface area contributed by atoms with Gasteiger partial charge >= 0.3 is 6.03 Å². The molecule has 180 valence electrons. The van der Waals surface area contributed by atoms with E-state index in [9.17, 15) is 9.59 Å². The highest BCUT2D eigenvalue weighted by atomic mass is 16.5. The Morgan fingerprint density at radius 3 is 2.50 bits per heavy atom. The number of unbranched alkanes of at least 4 members (excludes halogenated alkanes) is 1. The number of carbonyl (C=O) groups excluding carboxylic acids is 2. The number of imide groups is 1. The van der Waals surface area contributed by atoms with E-state index in [1.807, 2.05) is 30.3 Å². The van der Waals surface area contributed by atoms with Crippen LogP contribution < -0.4 is 15.0 Å². The van der Waals surface area contributed by atoms with Gasteiger partial charge < -0.3 is 15.0 Å². The number of piperazine rings is 1. The van der Waals surface area contributed by atoms with Crippen LogP contribution in [0.1, 0.15) is 36.8 Å². The summed E-state index contributed by atoms with van der Waals surface area (Å²) in [4.78, 5) is 32.4. The first-order valence-electron chi connectivity index (χ1n) is 12.5. The smallest absolute Gasteiger partial charge is 0.325 e. The number of aryl methyl sites for hydroxylation is 1. The van der Waals surface area contributed by atoms with E-state index in [2.05, 4.69) is 33.3 Å². The van der Waals surface area contributed by atoms with Gasteiger partial charge in [-0.3, -0.25) is 14.6 Å². The Hall–Kier alpha value is -3.06. The SMILES string of the molecule is COc1ccccc1N1CCN(CCCCN2C(=O)NC3(CCCc4ccccc43)C2=O)CC1. The highest BCUT2D eigenvalue weighted by Crippen LogP contribution is 2.40. The second-order valence-electron chi connectivity index (χ2n) is 9.51. The molecule has 1 N–H and O–H groups in total. The number of anilines is 1. The number of nitrogens with one attached hydrogen (secondary N) is 1. The van der Waals surface area contributed by atoms with Crippen molar-refractivity contribution in [2.75, 3.05) is 51.3 Å². The molecule has 2 aromatic rings. The van der Waals surface area contributed by atoms with Gasteiger partial charge in [-0.2, -0.15) is 0 Å². The maximum atomic E-state index is 13.4. The minimum absolute atomic E-state index is 0.0740. The van der Waals surface area contributed by atoms with E-state index < -0.39 is 5.54 Å². The third-order valence-corrected chi connectivity index (χ3v) is 7.55. The molecule has 0 radical (unpaired) electrons. The van der Waals surface area contributed by atoms with Crippen molar-refractivity contribution >= 4 is 17.6 Å². The first kappa shape index (κ1) is 22.7. The lowest BCUT2D eigenvalue weighted by Crippen LogP contribution is -2.47. The Kier molecular flexibility index (Phi) is 6.46. The monoisotopic (exact) mass is 462 g/mol. The van der Waals surface area contributed by atoms with Crippen LogP contribution in [0.25, 0.3) is 0 Å². The molecule has 0 saturated carbocycles. The van der Waals surface area contributed by atoms with Crippen LogP contribution in [-0.4, -0.2) is 68.1 Å². The number of rotatable bonds is 7. The van der Waals surface area contributed by atoms with Crippen molar-refractivity contribution < 1.29 is 14.3 Å². The third-order valence-electron chi connectivity index (χ3n) is 7.55. The number of hydrogen-bond acceptors (Lipinski definition) is 5. The number of methoxy groups -OCH3 is 1. The lowest BCUT2D eigenvalue weighted by Gasteiger charge is -2.36. The zero-order valence-corrected chi connectivity index (χ0v) is 20.0. The number of amides is 3. The summed E-state index contributed by atoms with van der Waals surface area (Å²) >= 11 is 0. The molecule has 0 aromatic heterocycles. The predicted octanol–water partition coefficient (Wildman–Crippen LogP) is 3.38. The van der Waals surface area contributed by atoms with Crippen LogP contribution in [0.5, 0.6) is 5.75 Å². The summed E-state index contributed by atoms with van der Waals surface area (Å²) in [5.41, 5.74) is 2.45. The second kappa shape index (κ2) is 9.66. The first-order valence-corrected chi connectivity index (χ1v) is 12.5. The van der Waals surface area contributed by atoms with Crippen molar-refractivity contribution in [2.24, 2.45) is 0 Å². The van der Waals surface area contributed by atoms with Crippen molar-refractivity contribution in [1.82, 2.24) is 15.1 Å². The molecule has 2 saturated heterocycles. The quantitative estimate of drug-likeness (QED) is 0.505. The number of urea groups is 1. The Balaban J connectivity index is 1.11. The van der Waals surface area contributed by atoms with Gasteiger partial charge in [0.2, 0.25) is 0 Å². The topological polar surface area (TPSA) is 65.1 Å². The summed E-state index contributed by atoms with van der Waals surface area (Å²) in [6, 6.07) is 16.0. The second-order valence-corrected chi connectivity index (χ2v) is 9.51. The van der Waals surface area contributed by atoms with E-state index in [1.54, 1.807) is 7.11 Å². The number of para-hydroxylation sites is 2. The number of ether oxygens (including phenoxy) is 1. The van der Waals surface area contributed by atoms with Crippen molar-refractivity contribution in [1.29, 1.82) is 0 Å². The summed E-state index contributed by atoms with van der Waals surface area (Å²) in [5.74, 6) is 0.845. The van der Waals surface area contributed by atoms with E-state index in [0.29, 0.717) is 13.0 Å². The van der Waals surface area contributed by atoms with Crippen LogP contribution in [0.15, 0.2) is 48.5 Å². The van der Waals surface area contributed by atoms with Gasteiger partial charge in [-0.15, -0.1) is 0 Å². The van der Waals surface area contributed by atoms with Gasteiger partial charge in [0.25, 0.3) is 5.91 Å². The van der Waals surface area contributed by atoms with Crippen molar-refractivity contribution in [2.45, 2.75) is 37.6 Å². The van der Waals surface area contributed by atoms with Crippen LogP contribution in [0, 0.1) is 0 Å². The molecule has 2 aliphatic heterocycles. The number of hydrogen-bond donors (Lipinski definition) is 1. The fourth-order valence-corrected chi connectivity index (χ4v) is 5.72. The van der Waals surface area contributed by atoms with Crippen molar-refractivity contribution in [3.63, 3.8) is 0 Å². The van der Waals surface area contributed by atoms with Crippen LogP contribution in [-0.2, 0) is 16.8 Å². The standard InChI is InChI=1S/C27H34N4O3/c1-34-24-13-5-4-12-23(24)30-19-17-29(18-20-30)15-6-7-16-31-25(32)27(28-26(31)33)14-8-10-21-9-2-3-11-22(21)27/h2-5,9,11-13H,6-8,10,14-20H2,1H3,(H,28,33). The summed E-state index contributed by atoms with van der Waals surface area (Å²) in [7, 11) is 1.72. The predicted molar refractivity (Wildman–Crippen MR) is 132 cm³/mol. The molecule has 7 heteroatoms. The molecule has 1 spiro atoms. The molecule has 2 aromatic carbocycles. The number of carbonyl (C=O) groups is 2. The van der Waals surface area contributed by atoms with Gasteiger partial charge in [-0.1, -0.05) is 36.4 Å². The molecule has 3 aliphatic rings. The number of benzene rings is 2. The Bertz CT molecular complexity index is 1050. The van der Waals surface area contributed by atoms with Gasteiger partial charge in [0, 0.05) is 32.7 Å². The molecule has 1 unspecified atom stereocenters. The minimum Gasteiger partial charge on any atom is -0.495 e. The third kappa shape index (κ3) is 4.13. The average molecular weight is 463 g/mol. The van der Waals surface area contributed by atoms with E-state index in [0.717, 1.165) is 75.4 Å². The van der Waals surface area contributed by atoms with E-state index in [1.165, 1.54) is 10.5 Å². The lowest BCUT2D eigenvalue weighted by molar-refractivity contribution is -0.132. The summed E-state index contributed by atoms with van der Waals surface area (Å²) < 4.78 is 5.51. The average Bonchev–Trinajstić information content (AvgIpc) is 3.11. The van der Waals surface area contributed by atoms with Crippen molar-refractivity contribution in [3.8, 4) is 5.75 Å². The van der Waals surface area contributed by atoms with Gasteiger partial charge in [-0.05, 0) is 61.9 Å². The van der Waals surface area contributed by atoms with Gasteiger partial charge in [-0.25, -0.2) is 4.79 Å². The van der Waals surface area contributed by atoms with E-state index in [4.69, 9.17) is 4.74 Å². The molecule has 34 heavy (non-hydrogen) atoms. The summed E-state index contributed by atoms with van der Waals surface area (Å²) in [5, 5.41) is 3.06. The maximum Gasteiger partial charge on any atom is 0.325 e. The van der Waals surface area contributed by atoms with Crippen LogP contribution >= 0.6 is 0 Å². The zero-order chi connectivity index (χ0) is 23.5. The van der Waals surface area contributed by atoms with Crippen LogP contribution in [0.4, 0.5) is 10.5 Å². The fraction of sp³-hybridized carbons (Fsp3) is 0.481. The van der Waals surface area contributed by atoms with Gasteiger partial charge in [0.1, 0.15) is 11.3 Å². The first-order chi connectivity index (χ1) is 16.6. The number of fused-ring (bicyclic) bond motifs is 2. The molecule has 1 atom stereocenters. The summed E-state index contributed by atoms with van der Waals surface area (Å²) in [6.45, 7) is 5.40. The molecule has 2 heterocycles. The Labute approximate surface area is 201 Å². The number of nitrogens with zero attached hydrogens (tertiary/aromatic N) is 3. The van der Waals surface area contributed by atoms with E-state index >= 15 is 0 Å². The van der Waals surface area contributed by atoms with Gasteiger partial charge in [0.15, 0.2) is 0 Å². The van der Waals surface area contributed by atoms with E-state index in [-0.39, 0.29) is 11.9 Å². The Morgan fingerprint density at radius 1 is 0.941 bits per heavy atom. The van der Waals surface area contributed by atoms with Crippen LogP contribution in [0.2, 0.25) is 0 Å². The fourth-order valence-electron chi connectivity index (χ4n) is 5.72. The normalized spacial score (nSPS) is 22.7. The van der Waals surface area contributed by atoms with Crippen LogP contribution in [0.3, 0.4) is 0 Å². The molecule has 0 bridgehead atoms. The molecule has 1 aliphatic carbocycles. The van der Waals surface area contributed by atoms with Gasteiger partial charge in [0.05, 0.1) is 12.8 Å². The molecular weight excluding hydrogens is 428 g/mol. The van der Waals surface area contributed by atoms with Crippen molar-refractivity contribution in [3.05, 3.63) is 59.7 Å². The summed E-state index contributed by atoms with van der Waals surface area (Å²) in [6.07, 6.45) is 4.35. The molecule has 5 rings (SSSR count). The maximum absolute atomic E-state index is 13.4. The minimum atomic E-state index is -0.860. The largest absolute Gasteiger partial charge is 0.495 e. The molecule has 3 amide bonds.